The Hall–Kier alpha value is -2.52. The van der Waals surface area contributed by atoms with Crippen LogP contribution >= 0.6 is 11.8 Å². The number of amides is 1. The molecule has 3 aromatic carbocycles. The maximum absolute atomic E-state index is 13.0. The van der Waals surface area contributed by atoms with Crippen LogP contribution in [-0.4, -0.2) is 5.91 Å². The number of carbonyl (C=O) groups excluding carboxylic acids is 1. The van der Waals surface area contributed by atoms with Gasteiger partial charge in [0, 0.05) is 16.1 Å². The van der Waals surface area contributed by atoms with Gasteiger partial charge < -0.3 is 0 Å². The third-order valence-electron chi connectivity index (χ3n) is 4.21. The first-order valence-corrected chi connectivity index (χ1v) is 8.83. The summed E-state index contributed by atoms with van der Waals surface area (Å²) in [5.41, 5.74) is 4.01. The number of carbonyl (C=O) groups is 1. The van der Waals surface area contributed by atoms with Crippen molar-refractivity contribution >= 4 is 23.4 Å². The maximum atomic E-state index is 13.0. The number of hydrogen-bond acceptors (Lipinski definition) is 2. The molecule has 0 saturated heterocycles. The predicted molar refractivity (Wildman–Crippen MR) is 99.5 cm³/mol. The molecule has 1 aliphatic rings. The summed E-state index contributed by atoms with van der Waals surface area (Å²) in [4.78, 5) is 16.1. The number of anilines is 1. The molecule has 0 bridgehead atoms. The van der Waals surface area contributed by atoms with Gasteiger partial charge in [-0.1, -0.05) is 65.9 Å². The Morgan fingerprint density at radius 2 is 1.50 bits per heavy atom. The van der Waals surface area contributed by atoms with Crippen molar-refractivity contribution in [3.63, 3.8) is 0 Å². The first kappa shape index (κ1) is 15.0. The van der Waals surface area contributed by atoms with E-state index in [4.69, 9.17) is 0 Å². The lowest BCUT2D eigenvalue weighted by atomic mass is 10.1. The van der Waals surface area contributed by atoms with Crippen molar-refractivity contribution in [2.45, 2.75) is 17.2 Å². The molecule has 0 aliphatic carbocycles. The highest BCUT2D eigenvalue weighted by molar-refractivity contribution is 7.99. The van der Waals surface area contributed by atoms with E-state index in [0.29, 0.717) is 0 Å². The number of rotatable bonds is 3. The van der Waals surface area contributed by atoms with Crippen LogP contribution in [-0.2, 0) is 0 Å². The number of thioether (sulfide) groups is 1. The molecule has 1 unspecified atom stereocenters. The topological polar surface area (TPSA) is 20.3 Å². The van der Waals surface area contributed by atoms with Crippen LogP contribution in [0.2, 0.25) is 0 Å². The Balaban J connectivity index is 1.79. The summed E-state index contributed by atoms with van der Waals surface area (Å²) in [5, 5.41) is -0.0428. The fourth-order valence-corrected chi connectivity index (χ4v) is 4.21. The van der Waals surface area contributed by atoms with Crippen molar-refractivity contribution in [3.8, 4) is 0 Å². The van der Waals surface area contributed by atoms with E-state index in [-0.39, 0.29) is 11.3 Å². The summed E-state index contributed by atoms with van der Waals surface area (Å²) in [6, 6.07) is 26.3. The Bertz CT molecular complexity index is 874. The average molecular weight is 331 g/mol. The zero-order chi connectivity index (χ0) is 16.5. The molecule has 0 saturated carbocycles. The molecule has 0 N–H and O–H groups in total. The normalized spacial score (nSPS) is 16.3. The van der Waals surface area contributed by atoms with E-state index in [1.54, 1.807) is 11.8 Å². The maximum Gasteiger partial charge on any atom is 0.259 e. The van der Waals surface area contributed by atoms with Gasteiger partial charge in [0.2, 0.25) is 0 Å². The van der Waals surface area contributed by atoms with Crippen molar-refractivity contribution in [2.75, 3.05) is 4.90 Å². The molecule has 2 nitrogen and oxygen atoms in total. The van der Waals surface area contributed by atoms with Crippen LogP contribution in [0.15, 0.2) is 83.8 Å². The fraction of sp³-hybridized carbons (Fsp3) is 0.0952. The Kier molecular flexibility index (Phi) is 3.87. The van der Waals surface area contributed by atoms with Gasteiger partial charge in [0.1, 0.15) is 5.37 Å². The smallest absolute Gasteiger partial charge is 0.259 e. The molecular weight excluding hydrogens is 314 g/mol. The molecule has 3 aromatic rings. The molecule has 0 aromatic heterocycles. The van der Waals surface area contributed by atoms with E-state index >= 15 is 0 Å². The molecule has 0 radical (unpaired) electrons. The summed E-state index contributed by atoms with van der Waals surface area (Å²) in [6.07, 6.45) is 0. The lowest BCUT2D eigenvalue weighted by Gasteiger charge is -2.25. The molecule has 1 heterocycles. The van der Waals surface area contributed by atoms with Crippen LogP contribution < -0.4 is 4.90 Å². The van der Waals surface area contributed by atoms with E-state index < -0.39 is 0 Å². The average Bonchev–Trinajstić information content (AvgIpc) is 2.89. The number of aryl methyl sites for hydroxylation is 1. The molecule has 24 heavy (non-hydrogen) atoms. The Labute approximate surface area is 146 Å². The summed E-state index contributed by atoms with van der Waals surface area (Å²) in [6.45, 7) is 2.06. The van der Waals surface area contributed by atoms with Crippen molar-refractivity contribution in [1.29, 1.82) is 0 Å². The van der Waals surface area contributed by atoms with Crippen LogP contribution in [0, 0.1) is 6.92 Å². The van der Waals surface area contributed by atoms with E-state index in [0.717, 1.165) is 21.7 Å². The minimum atomic E-state index is -0.0428. The van der Waals surface area contributed by atoms with Crippen molar-refractivity contribution in [2.24, 2.45) is 0 Å². The zero-order valence-corrected chi connectivity index (χ0v) is 14.2. The molecule has 1 aliphatic heterocycles. The van der Waals surface area contributed by atoms with Gasteiger partial charge in [-0.3, -0.25) is 9.69 Å². The Morgan fingerprint density at radius 3 is 2.25 bits per heavy atom. The number of fused-ring (bicyclic) bond motifs is 1. The molecule has 4 rings (SSSR count). The summed E-state index contributed by atoms with van der Waals surface area (Å²) >= 11 is 1.71. The second kappa shape index (κ2) is 6.17. The number of benzene rings is 3. The van der Waals surface area contributed by atoms with Gasteiger partial charge >= 0.3 is 0 Å². The highest BCUT2D eigenvalue weighted by atomic mass is 32.2. The number of nitrogens with zero attached hydrogens (tertiary/aromatic N) is 1. The minimum absolute atomic E-state index is 0.0428. The minimum Gasteiger partial charge on any atom is -0.291 e. The largest absolute Gasteiger partial charge is 0.291 e. The van der Waals surface area contributed by atoms with Crippen LogP contribution in [0.4, 0.5) is 5.69 Å². The lowest BCUT2D eigenvalue weighted by Crippen LogP contribution is -2.26. The molecule has 0 fully saturated rings. The van der Waals surface area contributed by atoms with Gasteiger partial charge in [0.15, 0.2) is 0 Å². The first-order valence-electron chi connectivity index (χ1n) is 7.95. The van der Waals surface area contributed by atoms with Gasteiger partial charge in [0.25, 0.3) is 5.91 Å². The predicted octanol–water partition coefficient (Wildman–Crippen LogP) is 5.45. The monoisotopic (exact) mass is 331 g/mol. The SMILES string of the molecule is Cc1ccc(N2C(=O)c3ccccc3C2Sc2ccccc2)cc1. The third-order valence-corrected chi connectivity index (χ3v) is 5.45. The fourth-order valence-electron chi connectivity index (χ4n) is 2.98. The second-order valence-electron chi connectivity index (χ2n) is 5.88. The van der Waals surface area contributed by atoms with Gasteiger partial charge in [-0.15, -0.1) is 0 Å². The van der Waals surface area contributed by atoms with Crippen LogP contribution in [0.25, 0.3) is 0 Å². The molecule has 1 atom stereocenters. The standard InChI is InChI=1S/C21H17NOS/c1-15-11-13-16(14-12-15)22-20(23)18-9-5-6-10-19(18)21(22)24-17-7-3-2-4-8-17/h2-14,21H,1H3. The molecular formula is C21H17NOS. The first-order chi connectivity index (χ1) is 11.7. The van der Waals surface area contributed by atoms with Crippen LogP contribution in [0.3, 0.4) is 0 Å². The van der Waals surface area contributed by atoms with Crippen molar-refractivity contribution in [3.05, 3.63) is 95.6 Å². The molecule has 0 spiro atoms. The van der Waals surface area contributed by atoms with E-state index in [1.165, 1.54) is 5.56 Å². The summed E-state index contributed by atoms with van der Waals surface area (Å²) in [5.74, 6) is 0.0721. The van der Waals surface area contributed by atoms with E-state index in [1.807, 2.05) is 53.4 Å². The third kappa shape index (κ3) is 2.61. The van der Waals surface area contributed by atoms with E-state index in [2.05, 4.69) is 37.3 Å². The van der Waals surface area contributed by atoms with Crippen molar-refractivity contribution in [1.82, 2.24) is 0 Å². The van der Waals surface area contributed by atoms with Crippen LogP contribution in [0.5, 0.6) is 0 Å². The Morgan fingerprint density at radius 1 is 0.833 bits per heavy atom. The van der Waals surface area contributed by atoms with Crippen molar-refractivity contribution < 1.29 is 4.79 Å². The quantitative estimate of drug-likeness (QED) is 0.636. The van der Waals surface area contributed by atoms with Gasteiger partial charge in [-0.2, -0.15) is 0 Å². The van der Waals surface area contributed by atoms with Gasteiger partial charge in [-0.25, -0.2) is 0 Å². The summed E-state index contributed by atoms with van der Waals surface area (Å²) in [7, 11) is 0. The molecule has 3 heteroatoms. The highest BCUT2D eigenvalue weighted by Gasteiger charge is 2.38. The molecule has 1 amide bonds. The van der Waals surface area contributed by atoms with Gasteiger partial charge in [0.05, 0.1) is 0 Å². The summed E-state index contributed by atoms with van der Waals surface area (Å²) < 4.78 is 0. The van der Waals surface area contributed by atoms with E-state index in [9.17, 15) is 4.79 Å². The van der Waals surface area contributed by atoms with Crippen LogP contribution in [0.1, 0.15) is 26.9 Å². The molecule has 118 valence electrons. The van der Waals surface area contributed by atoms with Gasteiger partial charge in [-0.05, 0) is 42.8 Å². The lowest BCUT2D eigenvalue weighted by molar-refractivity contribution is 0.0996. The number of hydrogen-bond donors (Lipinski definition) is 0. The zero-order valence-electron chi connectivity index (χ0n) is 13.3. The second-order valence-corrected chi connectivity index (χ2v) is 7.03. The highest BCUT2D eigenvalue weighted by Crippen LogP contribution is 2.46.